The summed E-state index contributed by atoms with van der Waals surface area (Å²) in [6.07, 6.45) is 2.00. The number of carbonyl (C=O) groups is 11. The minimum Gasteiger partial charge on any atom is -0.493 e. The molecule has 102 heavy (non-hydrogen) atoms. The number of nitrogens with two attached hydrogens (primary N) is 1. The van der Waals surface area contributed by atoms with Crippen LogP contribution in [0.4, 0.5) is 20.1 Å². The lowest BCUT2D eigenvalue weighted by molar-refractivity contribution is -0.139. The van der Waals surface area contributed by atoms with Gasteiger partial charge in [0.05, 0.1) is 91.9 Å². The number of H-pyrrole nitrogens is 1. The van der Waals surface area contributed by atoms with Crippen molar-refractivity contribution in [2.45, 2.75) is 104 Å². The number of alkyl halides is 1. The third kappa shape index (κ3) is 21.9. The Morgan fingerprint density at radius 2 is 1.40 bits per heavy atom. The first-order valence-electron chi connectivity index (χ1n) is 34.0. The fourth-order valence-electron chi connectivity index (χ4n) is 12.1. The molecule has 1 saturated heterocycles. The predicted octanol–water partition coefficient (Wildman–Crippen LogP) is 6.86. The number of nitrogens with zero attached hydrogens (tertiary/aromatic N) is 4. The van der Waals surface area contributed by atoms with Crippen molar-refractivity contribution in [2.75, 3.05) is 139 Å². The highest BCUT2D eigenvalue weighted by atomic mass is 35.5. The molecule has 3 aliphatic rings. The van der Waals surface area contributed by atoms with Gasteiger partial charge in [-0.05, 0) is 65.6 Å². The van der Waals surface area contributed by atoms with Gasteiger partial charge in [-0.2, -0.15) is 0 Å². The van der Waals surface area contributed by atoms with E-state index >= 15 is 0 Å². The fraction of sp³-hybridized carbons (Fsp3) is 0.542. The molecule has 0 saturated carbocycles. The molecule has 0 radical (unpaired) electrons. The Bertz CT molecular complexity index is 3690. The number of aromatic amines is 1. The normalized spacial score (nSPS) is 15.1. The van der Waals surface area contributed by atoms with Gasteiger partial charge in [-0.25, -0.2) is 19.2 Å². The van der Waals surface area contributed by atoms with Gasteiger partial charge in [-0.1, -0.05) is 45.0 Å². The van der Waals surface area contributed by atoms with Gasteiger partial charge in [0.25, 0.3) is 5.91 Å². The summed E-state index contributed by atoms with van der Waals surface area (Å²) in [6.45, 7) is 7.96. The van der Waals surface area contributed by atoms with Crippen LogP contribution in [-0.2, 0) is 81.4 Å². The number of Topliss-reactive ketones (excluding diaryl/α,β-unsaturated/α-hetero) is 3. The number of anilines is 1. The molecule has 0 bridgehead atoms. The lowest BCUT2D eigenvalue weighted by Crippen LogP contribution is -2.46. The Morgan fingerprint density at radius 1 is 0.755 bits per heavy atom. The number of likely N-dealkylation sites (N-methyl/N-ethyl adjacent to an activating group) is 2. The number of primary amides is 1. The number of rotatable bonds is 43. The summed E-state index contributed by atoms with van der Waals surface area (Å²) in [5, 5.41) is 5.87. The largest absolute Gasteiger partial charge is 0.493 e. The summed E-state index contributed by atoms with van der Waals surface area (Å²) in [6, 6.07) is 10.0. The van der Waals surface area contributed by atoms with Crippen molar-refractivity contribution in [3.63, 3.8) is 0 Å². The van der Waals surface area contributed by atoms with E-state index in [2.05, 4.69) is 15.6 Å². The van der Waals surface area contributed by atoms with Crippen LogP contribution in [0.15, 0.2) is 48.0 Å². The number of amides is 8. The van der Waals surface area contributed by atoms with E-state index < -0.39 is 42.1 Å². The topological polar surface area (TPSA) is 359 Å². The van der Waals surface area contributed by atoms with Gasteiger partial charge in [-0.15, -0.1) is 11.6 Å². The Labute approximate surface area is 597 Å². The highest BCUT2D eigenvalue weighted by Gasteiger charge is 2.40. The summed E-state index contributed by atoms with van der Waals surface area (Å²) in [7, 11) is 8.73. The maximum Gasteiger partial charge on any atom is 0.415 e. The SMILES string of the molecule is COC(=O)c1cc2c3c(cc(OC(=O)N(C)CCN(C)C(=O)OCc4ccc(CC(=O)[C@H](CCCNC(N)=O)NC(=O)[C@@H](CC(=O)CCOCCOCCOCCOCCCC(=O)CCN5C(=O)CC(C)C5=O)C(C)C)cc4)c2[nH]1)N(C(=O)C1=Cc2cc(OC)c(OC)c(OC)c2C1)C[C@H]3CCl. The molecule has 556 valence electrons. The van der Waals surface area contributed by atoms with Crippen LogP contribution >= 0.6 is 11.6 Å². The number of carbonyl (C=O) groups excluding carboxylic acids is 11. The number of aromatic nitrogens is 1. The number of fused-ring (bicyclic) bond motifs is 4. The first-order chi connectivity index (χ1) is 48.9. The van der Waals surface area contributed by atoms with Crippen LogP contribution in [0.25, 0.3) is 17.0 Å². The van der Waals surface area contributed by atoms with Crippen molar-refractivity contribution < 1.29 is 100 Å². The maximum atomic E-state index is 14.6. The number of likely N-dealkylation sites (tertiary alicyclic amines) is 1. The smallest absolute Gasteiger partial charge is 0.415 e. The van der Waals surface area contributed by atoms with E-state index in [1.807, 2.05) is 13.8 Å². The number of ketones is 3. The number of urea groups is 1. The molecule has 3 heterocycles. The van der Waals surface area contributed by atoms with Crippen LogP contribution in [-0.4, -0.2) is 225 Å². The molecule has 1 unspecified atom stereocenters. The molecule has 4 aromatic rings. The van der Waals surface area contributed by atoms with Crippen molar-refractivity contribution in [3.8, 4) is 23.0 Å². The van der Waals surface area contributed by atoms with Crippen molar-refractivity contribution in [3.05, 3.63) is 81.5 Å². The highest BCUT2D eigenvalue weighted by molar-refractivity contribution is 6.20. The van der Waals surface area contributed by atoms with Gasteiger partial charge < -0.3 is 83.4 Å². The van der Waals surface area contributed by atoms with Crippen molar-refractivity contribution >= 4 is 99.4 Å². The lowest BCUT2D eigenvalue weighted by atomic mass is 9.88. The predicted molar refractivity (Wildman–Crippen MR) is 374 cm³/mol. The van der Waals surface area contributed by atoms with Gasteiger partial charge in [0, 0.05) is 145 Å². The molecule has 5 N–H and O–H groups in total. The van der Waals surface area contributed by atoms with E-state index in [0.717, 1.165) is 11.1 Å². The standard InChI is InChI=1S/C72H95ClN8O21/c1-43(2)52(37-51(83)19-25-98-27-29-100-31-30-99-28-26-97-24-11-12-50(82)18-21-80-61(85)32-44(3)67(80)87)66(86)77-55(13-10-20-75-70(74)90)58(84)33-45-14-16-46(17-15-45)42-101-71(91)78(4)22-23-79(5)72(92)102-59-39-57-62(54-38-56(69(89)96-9)76-63(54)59)49(40-73)41-81(57)68(88)48-34-47-36-60(93-6)65(95-8)64(94-7)53(47)35-48/h14-17,34,36,38-39,43-44,49,52,55,76H,10-13,18-33,35,37,40-42H2,1-9H3,(H,77,86)(H3,74,75,90)/t44?,49-,52+,55+/m1/s1. The Morgan fingerprint density at radius 3 is 2.01 bits per heavy atom. The fourth-order valence-corrected chi connectivity index (χ4v) is 12.3. The molecule has 1 aromatic heterocycles. The summed E-state index contributed by atoms with van der Waals surface area (Å²) in [5.74, 6) is -2.80. The number of ether oxygens (including phenoxy) is 10. The van der Waals surface area contributed by atoms with Gasteiger partial charge in [0.1, 0.15) is 23.9 Å². The molecule has 1 aliphatic carbocycles. The Balaban J connectivity index is 0.825. The zero-order valence-electron chi connectivity index (χ0n) is 59.5. The summed E-state index contributed by atoms with van der Waals surface area (Å²) < 4.78 is 55.7. The number of hydrogen-bond donors (Lipinski definition) is 4. The highest BCUT2D eigenvalue weighted by Crippen LogP contribution is 2.49. The number of hydrogen-bond acceptors (Lipinski definition) is 21. The number of imide groups is 1. The van der Waals surface area contributed by atoms with E-state index in [9.17, 15) is 52.7 Å². The van der Waals surface area contributed by atoms with E-state index in [4.69, 9.17) is 64.7 Å². The molecule has 2 aliphatic heterocycles. The minimum atomic E-state index is -0.965. The van der Waals surface area contributed by atoms with Crippen molar-refractivity contribution in [2.24, 2.45) is 23.5 Å². The van der Waals surface area contributed by atoms with E-state index in [1.54, 1.807) is 60.4 Å². The zero-order valence-corrected chi connectivity index (χ0v) is 60.3. The zero-order chi connectivity index (χ0) is 74.2. The molecule has 3 aromatic carbocycles. The van der Waals surface area contributed by atoms with Crippen LogP contribution in [0.1, 0.15) is 116 Å². The molecule has 4 atom stereocenters. The number of halogens is 1. The van der Waals surface area contributed by atoms with Crippen LogP contribution in [0.3, 0.4) is 0 Å². The van der Waals surface area contributed by atoms with Gasteiger partial charge in [-0.3, -0.25) is 38.5 Å². The molecular formula is C72H95ClN8O21. The minimum absolute atomic E-state index is 0.00638. The summed E-state index contributed by atoms with van der Waals surface area (Å²) >= 11 is 6.59. The molecule has 8 amide bonds. The first-order valence-corrected chi connectivity index (χ1v) is 34.6. The number of nitrogens with one attached hydrogen (secondary N) is 3. The van der Waals surface area contributed by atoms with Crippen molar-refractivity contribution in [1.82, 2.24) is 30.3 Å². The molecule has 30 heteroatoms. The average molecular weight is 1440 g/mol. The Kier molecular flexibility index (Phi) is 30.9. The first kappa shape index (κ1) is 80.2. The summed E-state index contributed by atoms with van der Waals surface area (Å²) in [4.78, 5) is 152. The third-order valence-electron chi connectivity index (χ3n) is 17.9. The van der Waals surface area contributed by atoms with Crippen molar-refractivity contribution in [1.29, 1.82) is 0 Å². The molecule has 1 fully saturated rings. The van der Waals surface area contributed by atoms with E-state index in [1.165, 1.54) is 57.2 Å². The number of methoxy groups -OCH3 is 4. The van der Waals surface area contributed by atoms with E-state index in [0.29, 0.717) is 108 Å². The van der Waals surface area contributed by atoms with Gasteiger partial charge >= 0.3 is 24.2 Å². The Hall–Kier alpha value is -9.16. The van der Waals surface area contributed by atoms with Crippen LogP contribution in [0, 0.1) is 17.8 Å². The van der Waals surface area contributed by atoms with Crippen LogP contribution in [0.2, 0.25) is 0 Å². The monoisotopic (exact) mass is 1440 g/mol. The molecular weight excluding hydrogens is 1350 g/mol. The summed E-state index contributed by atoms with van der Waals surface area (Å²) in [5.41, 5.74) is 9.85. The van der Waals surface area contributed by atoms with Gasteiger partial charge in [0.15, 0.2) is 23.0 Å². The van der Waals surface area contributed by atoms with Crippen LogP contribution in [0.5, 0.6) is 23.0 Å². The number of benzene rings is 3. The molecule has 29 nitrogen and oxygen atoms in total. The second kappa shape index (κ2) is 39.3. The maximum absolute atomic E-state index is 14.6. The molecule has 0 spiro atoms. The third-order valence-corrected chi connectivity index (χ3v) is 18.2. The average Bonchev–Trinajstić information content (AvgIpc) is 1.57. The van der Waals surface area contributed by atoms with Crippen LogP contribution < -0.4 is 40.2 Å². The second-order valence-electron chi connectivity index (χ2n) is 25.5. The second-order valence-corrected chi connectivity index (χ2v) is 25.8. The number of esters is 1. The van der Waals surface area contributed by atoms with Gasteiger partial charge in [0.2, 0.25) is 23.5 Å². The quantitative estimate of drug-likeness (QED) is 0.0152. The molecule has 7 rings (SSSR count). The lowest BCUT2D eigenvalue weighted by Gasteiger charge is -2.24. The van der Waals surface area contributed by atoms with E-state index in [-0.39, 0.29) is 174 Å².